The van der Waals surface area contributed by atoms with E-state index in [4.69, 9.17) is 27.5 Å². The van der Waals surface area contributed by atoms with Gasteiger partial charge in [0.05, 0.1) is 35.5 Å². The highest BCUT2D eigenvalue weighted by molar-refractivity contribution is 7.80. The molecule has 1 aromatic heterocycles. The Bertz CT molecular complexity index is 1170. The smallest absolute Gasteiger partial charge is 0.382 e. The van der Waals surface area contributed by atoms with Gasteiger partial charge in [-0.05, 0) is 56.0 Å². The number of hydrogen-bond donors (Lipinski definition) is 1. The molecule has 2 aromatic rings. The monoisotopic (exact) mass is 528 g/mol. The highest BCUT2D eigenvalue weighted by atomic mass is 32.1. The summed E-state index contributed by atoms with van der Waals surface area (Å²) >= 11 is 5.61. The molecule has 2 fully saturated rings. The van der Waals surface area contributed by atoms with E-state index in [1.807, 2.05) is 6.07 Å². The predicted octanol–water partition coefficient (Wildman–Crippen LogP) is 4.73. The second kappa shape index (κ2) is 11.8. The third-order valence-corrected chi connectivity index (χ3v) is 7.14. The second-order valence-electron chi connectivity index (χ2n) is 9.18. The van der Waals surface area contributed by atoms with E-state index in [1.165, 1.54) is 12.1 Å². The van der Waals surface area contributed by atoms with Crippen molar-refractivity contribution in [1.29, 1.82) is 10.5 Å². The largest absolute Gasteiger partial charge is 0.417 e. The van der Waals surface area contributed by atoms with Crippen LogP contribution in [-0.4, -0.2) is 59.8 Å². The molecule has 1 aliphatic carbocycles. The van der Waals surface area contributed by atoms with Gasteiger partial charge >= 0.3 is 6.18 Å². The van der Waals surface area contributed by atoms with Crippen molar-refractivity contribution >= 4 is 28.7 Å². The van der Waals surface area contributed by atoms with E-state index in [0.29, 0.717) is 17.9 Å². The third kappa shape index (κ3) is 6.88. The van der Waals surface area contributed by atoms with E-state index in [9.17, 15) is 13.2 Å². The number of piperazine rings is 1. The van der Waals surface area contributed by atoms with Crippen molar-refractivity contribution < 1.29 is 17.9 Å². The lowest BCUT2D eigenvalue weighted by Crippen LogP contribution is -2.49. The fourth-order valence-electron chi connectivity index (χ4n) is 4.68. The van der Waals surface area contributed by atoms with Crippen molar-refractivity contribution in [3.63, 3.8) is 0 Å². The van der Waals surface area contributed by atoms with Gasteiger partial charge in [-0.3, -0.25) is 0 Å². The Morgan fingerprint density at radius 3 is 2.38 bits per heavy atom. The number of thiocarbonyl (C=S) groups is 1. The van der Waals surface area contributed by atoms with Gasteiger partial charge in [0.2, 0.25) is 0 Å². The van der Waals surface area contributed by atoms with Gasteiger partial charge in [0, 0.05) is 44.1 Å². The van der Waals surface area contributed by atoms with Crippen LogP contribution < -0.4 is 10.2 Å². The SMILES string of the molecule is N#Cc1ccc(N2CCN(C(=S)COC3CCC(Nc4ccc(C#N)c(C(F)(F)F)c4)CC3)CC2)nc1. The quantitative estimate of drug-likeness (QED) is 0.539. The number of nitrogens with one attached hydrogen (secondary N) is 1. The first kappa shape index (κ1) is 26.6. The minimum absolute atomic E-state index is 0.0460. The molecule has 7 nitrogen and oxygen atoms in total. The van der Waals surface area contributed by atoms with Crippen molar-refractivity contribution in [2.75, 3.05) is 43.0 Å². The van der Waals surface area contributed by atoms with Crippen LogP contribution in [0.5, 0.6) is 0 Å². The van der Waals surface area contributed by atoms with Crippen LogP contribution in [0.15, 0.2) is 36.5 Å². The molecule has 1 aliphatic heterocycles. The lowest BCUT2D eigenvalue weighted by molar-refractivity contribution is -0.137. The number of halogens is 3. The Hall–Kier alpha value is -3.41. The zero-order valence-electron chi connectivity index (χ0n) is 20.2. The molecular weight excluding hydrogens is 501 g/mol. The van der Waals surface area contributed by atoms with E-state index < -0.39 is 11.7 Å². The second-order valence-corrected chi connectivity index (χ2v) is 9.65. The van der Waals surface area contributed by atoms with Crippen LogP contribution in [0.4, 0.5) is 24.7 Å². The zero-order valence-corrected chi connectivity index (χ0v) is 21.0. The number of nitrogens with zero attached hydrogens (tertiary/aromatic N) is 5. The number of alkyl halides is 3. The Kier molecular flexibility index (Phi) is 8.47. The van der Waals surface area contributed by atoms with E-state index in [2.05, 4.69) is 26.2 Å². The minimum atomic E-state index is -4.57. The molecule has 1 saturated heterocycles. The van der Waals surface area contributed by atoms with E-state index in [0.717, 1.165) is 68.7 Å². The fourth-order valence-corrected chi connectivity index (χ4v) is 4.93. The average Bonchev–Trinajstić information content (AvgIpc) is 2.92. The topological polar surface area (TPSA) is 88.2 Å². The van der Waals surface area contributed by atoms with Gasteiger partial charge in [-0.15, -0.1) is 0 Å². The van der Waals surface area contributed by atoms with Gasteiger partial charge in [0.15, 0.2) is 0 Å². The van der Waals surface area contributed by atoms with Crippen molar-refractivity contribution in [3.8, 4) is 12.1 Å². The Morgan fingerprint density at radius 2 is 1.78 bits per heavy atom. The standard InChI is InChI=1S/C26H27F3N6OS/c27-26(28,29)23-13-21(3-2-19(23)15-31)33-20-4-6-22(7-5-20)36-17-25(37)35-11-9-34(10-12-35)24-8-1-18(14-30)16-32-24/h1-3,8,13,16,20,22,33H,4-7,9-12,17H2. The Morgan fingerprint density at radius 1 is 1.05 bits per heavy atom. The summed E-state index contributed by atoms with van der Waals surface area (Å²) in [5.74, 6) is 0.849. The summed E-state index contributed by atoms with van der Waals surface area (Å²) in [6.45, 7) is 3.47. The molecule has 1 N–H and O–H groups in total. The van der Waals surface area contributed by atoms with Crippen molar-refractivity contribution in [2.24, 2.45) is 0 Å². The molecule has 2 aliphatic rings. The van der Waals surface area contributed by atoms with Crippen LogP contribution in [0.3, 0.4) is 0 Å². The molecule has 37 heavy (non-hydrogen) atoms. The molecule has 1 saturated carbocycles. The number of hydrogen-bond acceptors (Lipinski definition) is 7. The maximum Gasteiger partial charge on any atom is 0.417 e. The van der Waals surface area contributed by atoms with Crippen LogP contribution in [0.1, 0.15) is 42.4 Å². The lowest BCUT2D eigenvalue weighted by Gasteiger charge is -2.37. The molecule has 2 heterocycles. The lowest BCUT2D eigenvalue weighted by atomic mass is 9.92. The summed E-state index contributed by atoms with van der Waals surface area (Å²) < 4.78 is 45.8. The molecule has 0 radical (unpaired) electrons. The van der Waals surface area contributed by atoms with Gasteiger partial charge in [-0.2, -0.15) is 23.7 Å². The van der Waals surface area contributed by atoms with Crippen LogP contribution in [-0.2, 0) is 10.9 Å². The van der Waals surface area contributed by atoms with E-state index >= 15 is 0 Å². The Labute approximate surface area is 219 Å². The maximum absolute atomic E-state index is 13.2. The fraction of sp³-hybridized carbons (Fsp3) is 0.462. The molecule has 1 aromatic carbocycles. The van der Waals surface area contributed by atoms with Crippen LogP contribution in [0, 0.1) is 22.7 Å². The number of ether oxygens (including phenoxy) is 1. The minimum Gasteiger partial charge on any atom is -0.382 e. The summed E-state index contributed by atoms with van der Waals surface area (Å²) in [5, 5.41) is 21.1. The summed E-state index contributed by atoms with van der Waals surface area (Å²) in [4.78, 5) is 9.44. The van der Waals surface area contributed by atoms with E-state index in [1.54, 1.807) is 18.3 Å². The normalized spacial score (nSPS) is 20.1. The number of rotatable bonds is 6. The first-order chi connectivity index (χ1) is 17.8. The van der Waals surface area contributed by atoms with Crippen LogP contribution in [0.2, 0.25) is 0 Å². The number of anilines is 2. The first-order valence-electron chi connectivity index (χ1n) is 12.1. The van der Waals surface area contributed by atoms with Gasteiger partial charge in [-0.1, -0.05) is 12.2 Å². The van der Waals surface area contributed by atoms with Crippen molar-refractivity contribution in [3.05, 3.63) is 53.2 Å². The highest BCUT2D eigenvalue weighted by Gasteiger charge is 2.34. The predicted molar refractivity (Wildman–Crippen MR) is 137 cm³/mol. The third-order valence-electron chi connectivity index (χ3n) is 6.77. The average molecular weight is 529 g/mol. The molecule has 0 atom stereocenters. The molecule has 0 unspecified atom stereocenters. The van der Waals surface area contributed by atoms with E-state index in [-0.39, 0.29) is 17.7 Å². The molecular formula is C26H27F3N6OS. The molecule has 11 heteroatoms. The van der Waals surface area contributed by atoms with Gasteiger partial charge < -0.3 is 19.9 Å². The molecule has 0 amide bonds. The number of aromatic nitrogens is 1. The maximum atomic E-state index is 13.2. The highest BCUT2D eigenvalue weighted by Crippen LogP contribution is 2.34. The summed E-state index contributed by atoms with van der Waals surface area (Å²) in [6, 6.07) is 11.1. The molecule has 0 bridgehead atoms. The zero-order chi connectivity index (χ0) is 26.4. The number of pyridine rings is 1. The summed E-state index contributed by atoms with van der Waals surface area (Å²) in [6.07, 6.45) is 0.201. The van der Waals surface area contributed by atoms with Gasteiger partial charge in [0.25, 0.3) is 0 Å². The van der Waals surface area contributed by atoms with Crippen molar-refractivity contribution in [1.82, 2.24) is 9.88 Å². The van der Waals surface area contributed by atoms with Gasteiger partial charge in [0.1, 0.15) is 16.9 Å². The summed E-state index contributed by atoms with van der Waals surface area (Å²) in [5.41, 5.74) is -0.388. The number of benzene rings is 1. The Balaban J connectivity index is 1.19. The van der Waals surface area contributed by atoms with Crippen LogP contribution in [0.25, 0.3) is 0 Å². The van der Waals surface area contributed by atoms with Crippen molar-refractivity contribution in [2.45, 2.75) is 44.0 Å². The molecule has 4 rings (SSSR count). The number of nitriles is 2. The summed E-state index contributed by atoms with van der Waals surface area (Å²) in [7, 11) is 0. The first-order valence-corrected chi connectivity index (χ1v) is 12.6. The van der Waals surface area contributed by atoms with Crippen LogP contribution >= 0.6 is 12.2 Å². The molecule has 194 valence electrons. The van der Waals surface area contributed by atoms with Gasteiger partial charge in [-0.25, -0.2) is 4.98 Å². The molecule has 0 spiro atoms.